The number of nitrogens with one attached hydrogen (secondary N) is 1. The number of allylic oxidation sites excluding steroid dienone is 1. The number of carbonyl (C=O) groups is 2. The zero-order valence-electron chi connectivity index (χ0n) is 13.2. The van der Waals surface area contributed by atoms with E-state index in [9.17, 15) is 14.7 Å². The summed E-state index contributed by atoms with van der Waals surface area (Å²) >= 11 is 3.23. The van der Waals surface area contributed by atoms with Crippen LogP contribution in [0, 0.1) is 0 Å². The number of methoxy groups -OCH3 is 1. The number of benzene rings is 2. The Labute approximate surface area is 152 Å². The molecule has 1 aliphatic rings. The van der Waals surface area contributed by atoms with Gasteiger partial charge < -0.3 is 19.9 Å². The van der Waals surface area contributed by atoms with E-state index >= 15 is 0 Å². The number of hydrogen-bond acceptors (Lipinski definition) is 5. The summed E-state index contributed by atoms with van der Waals surface area (Å²) in [5, 5.41) is 12.5. The molecule has 0 spiro atoms. The minimum atomic E-state index is -0.256. The molecule has 2 N–H and O–H groups in total. The molecule has 0 atom stereocenters. The summed E-state index contributed by atoms with van der Waals surface area (Å²) in [6.07, 6.45) is 3.02. The lowest BCUT2D eigenvalue weighted by molar-refractivity contribution is -0.118. The van der Waals surface area contributed by atoms with E-state index in [2.05, 4.69) is 21.2 Å². The number of ether oxygens (including phenoxy) is 2. The van der Waals surface area contributed by atoms with Gasteiger partial charge in [0.25, 0.3) is 5.91 Å². The molecule has 0 fully saturated rings. The van der Waals surface area contributed by atoms with Crippen molar-refractivity contribution < 1.29 is 24.2 Å². The van der Waals surface area contributed by atoms with Crippen molar-refractivity contribution in [1.82, 2.24) is 0 Å². The fourth-order valence-electron chi connectivity index (χ4n) is 2.35. The van der Waals surface area contributed by atoms with Gasteiger partial charge in [-0.25, -0.2) is 0 Å². The molecular weight excluding hydrogens is 390 g/mol. The van der Waals surface area contributed by atoms with Crippen molar-refractivity contribution >= 4 is 39.4 Å². The predicted molar refractivity (Wildman–Crippen MR) is 96.3 cm³/mol. The fourth-order valence-corrected chi connectivity index (χ4v) is 2.81. The second kappa shape index (κ2) is 6.98. The Morgan fingerprint density at radius 1 is 1.36 bits per heavy atom. The molecule has 1 heterocycles. The van der Waals surface area contributed by atoms with Crippen LogP contribution in [0.25, 0.3) is 6.08 Å². The summed E-state index contributed by atoms with van der Waals surface area (Å²) < 4.78 is 10.8. The highest BCUT2D eigenvalue weighted by Crippen LogP contribution is 2.35. The number of fused-ring (bicyclic) bond motifs is 1. The molecule has 0 radical (unpaired) electrons. The fraction of sp³-hybridized carbons (Fsp3) is 0.111. The van der Waals surface area contributed by atoms with Crippen molar-refractivity contribution in [3.63, 3.8) is 0 Å². The lowest BCUT2D eigenvalue weighted by Gasteiger charge is -2.17. The van der Waals surface area contributed by atoms with Crippen molar-refractivity contribution in [3.05, 3.63) is 52.0 Å². The van der Waals surface area contributed by atoms with Gasteiger partial charge in [0.05, 0.1) is 17.3 Å². The molecule has 1 aliphatic heterocycles. The highest BCUT2D eigenvalue weighted by atomic mass is 79.9. The Bertz CT molecular complexity index is 891. The van der Waals surface area contributed by atoms with E-state index in [1.807, 2.05) is 0 Å². The largest absolute Gasteiger partial charge is 0.503 e. The number of rotatable bonds is 4. The van der Waals surface area contributed by atoms with E-state index in [-0.39, 0.29) is 24.0 Å². The summed E-state index contributed by atoms with van der Waals surface area (Å²) in [5.41, 5.74) is 1.58. The monoisotopic (exact) mass is 403 g/mol. The first-order chi connectivity index (χ1) is 12.0. The van der Waals surface area contributed by atoms with Crippen LogP contribution in [-0.2, 0) is 4.79 Å². The van der Waals surface area contributed by atoms with Crippen molar-refractivity contribution in [1.29, 1.82) is 0 Å². The second-order valence-corrected chi connectivity index (χ2v) is 6.15. The van der Waals surface area contributed by atoms with Gasteiger partial charge in [-0.15, -0.1) is 0 Å². The number of carbonyl (C=O) groups excluding carboxylic acids is 2. The number of hydrogen-bond donors (Lipinski definition) is 2. The average Bonchev–Trinajstić information content (AvgIpc) is 2.61. The van der Waals surface area contributed by atoms with Crippen LogP contribution in [0.15, 0.2) is 40.9 Å². The second-order valence-electron chi connectivity index (χ2n) is 5.30. The van der Waals surface area contributed by atoms with E-state index in [0.717, 1.165) is 0 Å². The maximum atomic E-state index is 12.4. The van der Waals surface area contributed by atoms with Gasteiger partial charge in [-0.2, -0.15) is 0 Å². The lowest BCUT2D eigenvalue weighted by atomic mass is 10.1. The third-order valence-electron chi connectivity index (χ3n) is 3.59. The van der Waals surface area contributed by atoms with Gasteiger partial charge in [-0.3, -0.25) is 9.59 Å². The highest BCUT2D eigenvalue weighted by molar-refractivity contribution is 9.10. The molecular formula is C18H14BrNO5. The summed E-state index contributed by atoms with van der Waals surface area (Å²) in [4.78, 5) is 23.7. The Kier molecular flexibility index (Phi) is 4.76. The SMILES string of the molecule is COc1cc(C=CC(=O)c2ccc3c(c2)NC(=O)CO3)cc(Br)c1O. The van der Waals surface area contributed by atoms with E-state index in [1.54, 1.807) is 36.4 Å². The molecule has 1 amide bonds. The van der Waals surface area contributed by atoms with Crippen molar-refractivity contribution in [2.45, 2.75) is 0 Å². The lowest BCUT2D eigenvalue weighted by Crippen LogP contribution is -2.25. The van der Waals surface area contributed by atoms with Crippen molar-refractivity contribution in [2.75, 3.05) is 19.0 Å². The number of ketones is 1. The molecule has 6 nitrogen and oxygen atoms in total. The van der Waals surface area contributed by atoms with Gasteiger partial charge in [0.15, 0.2) is 23.9 Å². The van der Waals surface area contributed by atoms with E-state index < -0.39 is 0 Å². The van der Waals surface area contributed by atoms with Crippen LogP contribution in [-0.4, -0.2) is 30.5 Å². The summed E-state index contributed by atoms with van der Waals surface area (Å²) in [6, 6.07) is 8.14. The van der Waals surface area contributed by atoms with Crippen LogP contribution in [0.2, 0.25) is 0 Å². The van der Waals surface area contributed by atoms with Crippen molar-refractivity contribution in [2.24, 2.45) is 0 Å². The number of halogens is 1. The van der Waals surface area contributed by atoms with Gasteiger partial charge in [0.1, 0.15) is 5.75 Å². The minimum absolute atomic E-state index is 0.00333. The van der Waals surface area contributed by atoms with Crippen LogP contribution >= 0.6 is 15.9 Å². The number of phenols is 1. The highest BCUT2D eigenvalue weighted by Gasteiger charge is 2.17. The Hall–Kier alpha value is -2.80. The zero-order chi connectivity index (χ0) is 18.0. The first-order valence-electron chi connectivity index (χ1n) is 7.33. The maximum absolute atomic E-state index is 12.4. The molecule has 0 saturated carbocycles. The number of phenolic OH excluding ortho intramolecular Hbond substituents is 1. The standard InChI is InChI=1S/C18H14BrNO5/c1-24-16-7-10(6-12(19)18(16)23)2-4-14(21)11-3-5-15-13(8-11)20-17(22)9-25-15/h2-8,23H,9H2,1H3,(H,20,22). The van der Waals surface area contributed by atoms with Crippen LogP contribution in [0.1, 0.15) is 15.9 Å². The molecule has 2 aromatic carbocycles. The third-order valence-corrected chi connectivity index (χ3v) is 4.20. The van der Waals surface area contributed by atoms with Crippen LogP contribution in [0.4, 0.5) is 5.69 Å². The number of amides is 1. The quantitative estimate of drug-likeness (QED) is 0.603. The summed E-state index contributed by atoms with van der Waals surface area (Å²) in [7, 11) is 1.45. The van der Waals surface area contributed by atoms with Gasteiger partial charge in [-0.1, -0.05) is 6.08 Å². The van der Waals surface area contributed by atoms with Crippen LogP contribution in [0.3, 0.4) is 0 Å². The Morgan fingerprint density at radius 3 is 2.92 bits per heavy atom. The van der Waals surface area contributed by atoms with E-state index in [0.29, 0.717) is 32.8 Å². The summed E-state index contributed by atoms with van der Waals surface area (Å²) in [6.45, 7) is -0.0300. The van der Waals surface area contributed by atoms with Crippen molar-refractivity contribution in [3.8, 4) is 17.2 Å². The number of anilines is 1. The zero-order valence-corrected chi connectivity index (χ0v) is 14.8. The van der Waals surface area contributed by atoms with Gasteiger partial charge >= 0.3 is 0 Å². The Morgan fingerprint density at radius 2 is 2.16 bits per heavy atom. The molecule has 25 heavy (non-hydrogen) atoms. The van der Waals surface area contributed by atoms with E-state index in [1.165, 1.54) is 13.2 Å². The molecule has 128 valence electrons. The van der Waals surface area contributed by atoms with Gasteiger partial charge in [0.2, 0.25) is 0 Å². The minimum Gasteiger partial charge on any atom is -0.503 e. The molecule has 0 aromatic heterocycles. The van der Waals surface area contributed by atoms with Gasteiger partial charge in [-0.05, 0) is 57.9 Å². The van der Waals surface area contributed by atoms with E-state index in [4.69, 9.17) is 9.47 Å². The van der Waals surface area contributed by atoms with Crippen LogP contribution in [0.5, 0.6) is 17.2 Å². The topological polar surface area (TPSA) is 84.9 Å². The average molecular weight is 404 g/mol. The first kappa shape index (κ1) is 17.0. The molecule has 0 saturated heterocycles. The van der Waals surface area contributed by atoms with Gasteiger partial charge in [0, 0.05) is 5.56 Å². The third kappa shape index (κ3) is 3.66. The first-order valence-corrected chi connectivity index (χ1v) is 8.13. The molecule has 0 unspecified atom stereocenters. The molecule has 7 heteroatoms. The Balaban J connectivity index is 1.83. The predicted octanol–water partition coefficient (Wildman–Crippen LogP) is 3.39. The normalized spacial score (nSPS) is 13.1. The maximum Gasteiger partial charge on any atom is 0.262 e. The number of aromatic hydroxyl groups is 1. The molecule has 2 aromatic rings. The summed E-state index contributed by atoms with van der Waals surface area (Å²) in [5.74, 6) is 0.346. The van der Waals surface area contributed by atoms with Crippen LogP contribution < -0.4 is 14.8 Å². The molecule has 3 rings (SSSR count). The smallest absolute Gasteiger partial charge is 0.262 e. The molecule has 0 bridgehead atoms. The molecule has 0 aliphatic carbocycles.